The highest BCUT2D eigenvalue weighted by Gasteiger charge is 2.35. The normalized spacial score (nSPS) is 33.3. The van der Waals surface area contributed by atoms with Crippen LogP contribution < -0.4 is 10.6 Å². The van der Waals surface area contributed by atoms with Crippen LogP contribution in [0.2, 0.25) is 0 Å². The van der Waals surface area contributed by atoms with Crippen LogP contribution in [0, 0.1) is 17.7 Å². The van der Waals surface area contributed by atoms with Gasteiger partial charge in [-0.1, -0.05) is 19.1 Å². The SMILES string of the molecule is CC1CCc2c(F)cccc2C1NC(=O)CC1CC2CCC(C1)N2.Cl. The average Bonchev–Trinajstić information content (AvgIpc) is 2.89. The molecule has 1 aliphatic carbocycles. The van der Waals surface area contributed by atoms with Crippen molar-refractivity contribution in [2.45, 2.75) is 70.0 Å². The van der Waals surface area contributed by atoms with Crippen molar-refractivity contribution in [2.24, 2.45) is 11.8 Å². The molecule has 3 nitrogen and oxygen atoms in total. The first-order valence-electron chi connectivity index (χ1n) is 9.43. The lowest BCUT2D eigenvalue weighted by atomic mass is 9.80. The highest BCUT2D eigenvalue weighted by molar-refractivity contribution is 5.85. The van der Waals surface area contributed by atoms with Crippen LogP contribution in [0.25, 0.3) is 0 Å². The lowest BCUT2D eigenvalue weighted by Crippen LogP contribution is -2.41. The van der Waals surface area contributed by atoms with Crippen LogP contribution >= 0.6 is 12.4 Å². The van der Waals surface area contributed by atoms with Gasteiger partial charge in [-0.3, -0.25) is 4.79 Å². The molecule has 5 heteroatoms. The number of hydrogen-bond acceptors (Lipinski definition) is 2. The minimum atomic E-state index is -0.131. The molecule has 4 unspecified atom stereocenters. The van der Waals surface area contributed by atoms with Gasteiger partial charge in [-0.25, -0.2) is 4.39 Å². The number of fused-ring (bicyclic) bond motifs is 3. The highest BCUT2D eigenvalue weighted by Crippen LogP contribution is 2.36. The Morgan fingerprint density at radius 2 is 1.96 bits per heavy atom. The van der Waals surface area contributed by atoms with Crippen LogP contribution in [0.5, 0.6) is 0 Å². The summed E-state index contributed by atoms with van der Waals surface area (Å²) in [5.41, 5.74) is 1.77. The van der Waals surface area contributed by atoms with Gasteiger partial charge in [-0.05, 0) is 67.6 Å². The quantitative estimate of drug-likeness (QED) is 0.851. The van der Waals surface area contributed by atoms with Gasteiger partial charge in [0.1, 0.15) is 5.82 Å². The molecule has 0 aromatic heterocycles. The summed E-state index contributed by atoms with van der Waals surface area (Å²) in [6.45, 7) is 2.16. The first kappa shape index (κ1) is 18.7. The second-order valence-corrected chi connectivity index (χ2v) is 8.05. The fraction of sp³-hybridized carbons (Fsp3) is 0.650. The molecule has 2 heterocycles. The molecule has 4 atom stereocenters. The van der Waals surface area contributed by atoms with Gasteiger partial charge in [0.15, 0.2) is 0 Å². The summed E-state index contributed by atoms with van der Waals surface area (Å²) in [5, 5.41) is 6.85. The van der Waals surface area contributed by atoms with Gasteiger partial charge in [0.2, 0.25) is 5.91 Å². The Balaban J connectivity index is 0.00000182. The van der Waals surface area contributed by atoms with Crippen molar-refractivity contribution in [3.05, 3.63) is 35.1 Å². The summed E-state index contributed by atoms with van der Waals surface area (Å²) in [6.07, 6.45) is 7.07. The molecule has 1 amide bonds. The van der Waals surface area contributed by atoms with Gasteiger partial charge in [0.05, 0.1) is 6.04 Å². The number of carbonyl (C=O) groups is 1. The number of nitrogens with one attached hydrogen (secondary N) is 2. The van der Waals surface area contributed by atoms with Crippen LogP contribution in [0.3, 0.4) is 0 Å². The molecule has 138 valence electrons. The summed E-state index contributed by atoms with van der Waals surface area (Å²) >= 11 is 0. The standard InChI is InChI=1S/C20H27FN2O.ClH/c1-12-5-8-16-17(3-2-4-18(16)21)20(12)23-19(24)11-13-9-14-6-7-15(10-13)22-14;/h2-4,12-15,20,22H,5-11H2,1H3,(H,23,24);1H. The van der Waals surface area contributed by atoms with E-state index in [0.717, 1.165) is 36.8 Å². The molecule has 3 aliphatic rings. The third kappa shape index (κ3) is 3.85. The topological polar surface area (TPSA) is 41.1 Å². The smallest absolute Gasteiger partial charge is 0.220 e. The molecule has 25 heavy (non-hydrogen) atoms. The molecule has 2 saturated heterocycles. The Hall–Kier alpha value is -1.13. The second-order valence-electron chi connectivity index (χ2n) is 8.05. The van der Waals surface area contributed by atoms with Gasteiger partial charge in [-0.15, -0.1) is 12.4 Å². The molecule has 2 aliphatic heterocycles. The van der Waals surface area contributed by atoms with Crippen molar-refractivity contribution >= 4 is 18.3 Å². The average molecular weight is 367 g/mol. The summed E-state index contributed by atoms with van der Waals surface area (Å²) in [7, 11) is 0. The number of rotatable bonds is 3. The fourth-order valence-electron chi connectivity index (χ4n) is 5.03. The maximum absolute atomic E-state index is 14.1. The van der Waals surface area contributed by atoms with Crippen molar-refractivity contribution in [3.63, 3.8) is 0 Å². The third-order valence-corrected chi connectivity index (χ3v) is 6.27. The van der Waals surface area contributed by atoms with Crippen LogP contribution in [-0.4, -0.2) is 18.0 Å². The van der Waals surface area contributed by atoms with Crippen molar-refractivity contribution in [2.75, 3.05) is 0 Å². The first-order chi connectivity index (χ1) is 11.6. The number of carbonyl (C=O) groups excluding carboxylic acids is 1. The van der Waals surface area contributed by atoms with E-state index in [0.29, 0.717) is 30.3 Å². The molecular weight excluding hydrogens is 339 g/mol. The Labute approximate surface area is 155 Å². The van der Waals surface area contributed by atoms with Crippen LogP contribution in [0.1, 0.15) is 62.6 Å². The van der Waals surface area contributed by atoms with Gasteiger partial charge >= 0.3 is 0 Å². The maximum atomic E-state index is 14.1. The number of piperidine rings is 1. The number of halogens is 2. The van der Waals surface area contributed by atoms with E-state index in [1.165, 1.54) is 18.9 Å². The lowest BCUT2D eigenvalue weighted by Gasteiger charge is -2.33. The Morgan fingerprint density at radius 3 is 2.68 bits per heavy atom. The van der Waals surface area contributed by atoms with E-state index in [9.17, 15) is 9.18 Å². The van der Waals surface area contributed by atoms with E-state index in [2.05, 4.69) is 17.6 Å². The minimum Gasteiger partial charge on any atom is -0.349 e. The Bertz CT molecular complexity index is 626. The van der Waals surface area contributed by atoms with Gasteiger partial charge in [0.25, 0.3) is 0 Å². The van der Waals surface area contributed by atoms with Crippen molar-refractivity contribution in [1.29, 1.82) is 0 Å². The van der Waals surface area contributed by atoms with Crippen molar-refractivity contribution in [3.8, 4) is 0 Å². The van der Waals surface area contributed by atoms with E-state index >= 15 is 0 Å². The predicted octanol–water partition coefficient (Wildman–Crippen LogP) is 3.91. The van der Waals surface area contributed by atoms with Gasteiger partial charge < -0.3 is 10.6 Å². The summed E-state index contributed by atoms with van der Waals surface area (Å²) < 4.78 is 14.1. The van der Waals surface area contributed by atoms with Gasteiger partial charge in [0, 0.05) is 18.5 Å². The maximum Gasteiger partial charge on any atom is 0.220 e. The summed E-state index contributed by atoms with van der Waals surface area (Å²) in [5.74, 6) is 0.853. The number of hydrogen-bond donors (Lipinski definition) is 2. The van der Waals surface area contributed by atoms with E-state index in [-0.39, 0.29) is 30.2 Å². The van der Waals surface area contributed by atoms with Gasteiger partial charge in [-0.2, -0.15) is 0 Å². The monoisotopic (exact) mass is 366 g/mol. The molecule has 1 aromatic rings. The van der Waals surface area contributed by atoms with E-state index in [4.69, 9.17) is 0 Å². The fourth-order valence-corrected chi connectivity index (χ4v) is 5.03. The second kappa shape index (κ2) is 7.63. The molecular formula is C20H28ClFN2O. The molecule has 2 N–H and O–H groups in total. The van der Waals surface area contributed by atoms with Crippen LogP contribution in [-0.2, 0) is 11.2 Å². The zero-order valence-corrected chi connectivity index (χ0v) is 15.6. The predicted molar refractivity (Wildman–Crippen MR) is 99.3 cm³/mol. The summed E-state index contributed by atoms with van der Waals surface area (Å²) in [6, 6.07) is 6.45. The van der Waals surface area contributed by atoms with E-state index in [1.54, 1.807) is 6.07 Å². The zero-order chi connectivity index (χ0) is 16.7. The minimum absolute atomic E-state index is 0. The number of amides is 1. The van der Waals surface area contributed by atoms with Crippen molar-refractivity contribution in [1.82, 2.24) is 10.6 Å². The molecule has 2 fully saturated rings. The molecule has 1 aromatic carbocycles. The van der Waals surface area contributed by atoms with Crippen molar-refractivity contribution < 1.29 is 9.18 Å². The highest BCUT2D eigenvalue weighted by atomic mass is 35.5. The molecule has 0 saturated carbocycles. The summed E-state index contributed by atoms with van der Waals surface area (Å²) in [4.78, 5) is 12.6. The van der Waals surface area contributed by atoms with Crippen LogP contribution in [0.4, 0.5) is 4.39 Å². The molecule has 2 bridgehead atoms. The molecule has 0 radical (unpaired) electrons. The molecule has 4 rings (SSSR count). The lowest BCUT2D eigenvalue weighted by molar-refractivity contribution is -0.123. The Kier molecular flexibility index (Phi) is 5.69. The van der Waals surface area contributed by atoms with E-state index < -0.39 is 0 Å². The van der Waals surface area contributed by atoms with Crippen LogP contribution in [0.15, 0.2) is 18.2 Å². The largest absolute Gasteiger partial charge is 0.349 e. The third-order valence-electron chi connectivity index (χ3n) is 6.27. The number of benzene rings is 1. The molecule has 0 spiro atoms. The van der Waals surface area contributed by atoms with E-state index in [1.807, 2.05) is 6.07 Å². The Morgan fingerprint density at radius 1 is 1.24 bits per heavy atom. The first-order valence-corrected chi connectivity index (χ1v) is 9.43. The zero-order valence-electron chi connectivity index (χ0n) is 14.8.